The number of amides is 1. The van der Waals surface area contributed by atoms with Crippen molar-refractivity contribution in [1.82, 2.24) is 5.32 Å². The van der Waals surface area contributed by atoms with Gasteiger partial charge in [0.1, 0.15) is 5.82 Å². The number of nitrogens with zero attached hydrogens (tertiary/aromatic N) is 1. The van der Waals surface area contributed by atoms with Gasteiger partial charge in [0, 0.05) is 6.54 Å². The second kappa shape index (κ2) is 5.48. The highest BCUT2D eigenvalue weighted by Gasteiger charge is 2.30. The molecule has 0 aromatic heterocycles. The number of nitrogens with one attached hydrogen (secondary N) is 1. The van der Waals surface area contributed by atoms with Gasteiger partial charge in [-0.25, -0.2) is 4.39 Å². The second-order valence-corrected chi connectivity index (χ2v) is 4.70. The third-order valence-corrected chi connectivity index (χ3v) is 3.28. The van der Waals surface area contributed by atoms with Gasteiger partial charge in [0.2, 0.25) is 5.91 Å². The van der Waals surface area contributed by atoms with Crippen LogP contribution in [0, 0.1) is 12.7 Å². The van der Waals surface area contributed by atoms with E-state index in [-0.39, 0.29) is 17.8 Å². The van der Waals surface area contributed by atoms with Gasteiger partial charge < -0.3 is 10.2 Å². The Morgan fingerprint density at radius 2 is 2.28 bits per heavy atom. The number of benzene rings is 1. The monoisotopic (exact) mass is 250 g/mol. The Balaban J connectivity index is 2.26. The van der Waals surface area contributed by atoms with Gasteiger partial charge >= 0.3 is 0 Å². The van der Waals surface area contributed by atoms with Crippen molar-refractivity contribution < 1.29 is 9.18 Å². The van der Waals surface area contributed by atoms with Crippen LogP contribution in [0.3, 0.4) is 0 Å². The van der Waals surface area contributed by atoms with E-state index in [2.05, 4.69) is 5.32 Å². The summed E-state index contributed by atoms with van der Waals surface area (Å²) in [6.07, 6.45) is 1.73. The topological polar surface area (TPSA) is 32.3 Å². The molecule has 1 saturated heterocycles. The molecule has 1 fully saturated rings. The van der Waals surface area contributed by atoms with Crippen LogP contribution in [0.25, 0.3) is 0 Å². The summed E-state index contributed by atoms with van der Waals surface area (Å²) in [7, 11) is 0. The van der Waals surface area contributed by atoms with Crippen LogP contribution in [-0.2, 0) is 4.79 Å². The van der Waals surface area contributed by atoms with Crippen LogP contribution in [0.1, 0.15) is 25.3 Å². The SMILES string of the molecule is CCNC1CCCN(c2cc(C)ccc2F)C1=O. The average Bonchev–Trinajstić information content (AvgIpc) is 2.35. The first-order chi connectivity index (χ1) is 8.63. The van der Waals surface area contributed by atoms with E-state index in [1.807, 2.05) is 13.8 Å². The van der Waals surface area contributed by atoms with E-state index in [1.54, 1.807) is 17.0 Å². The predicted octanol–water partition coefficient (Wildman–Crippen LogP) is 2.24. The first-order valence-electron chi connectivity index (χ1n) is 6.44. The van der Waals surface area contributed by atoms with Crippen molar-refractivity contribution in [3.05, 3.63) is 29.6 Å². The van der Waals surface area contributed by atoms with Gasteiger partial charge in [0.15, 0.2) is 0 Å². The van der Waals surface area contributed by atoms with Crippen LogP contribution in [0.5, 0.6) is 0 Å². The lowest BCUT2D eigenvalue weighted by Gasteiger charge is -2.33. The molecule has 1 aromatic rings. The smallest absolute Gasteiger partial charge is 0.244 e. The van der Waals surface area contributed by atoms with Gasteiger partial charge in [-0.15, -0.1) is 0 Å². The van der Waals surface area contributed by atoms with Crippen molar-refractivity contribution in [2.45, 2.75) is 32.7 Å². The number of carbonyl (C=O) groups is 1. The molecule has 98 valence electrons. The summed E-state index contributed by atoms with van der Waals surface area (Å²) >= 11 is 0. The molecule has 1 aliphatic rings. The summed E-state index contributed by atoms with van der Waals surface area (Å²) in [5.41, 5.74) is 1.37. The van der Waals surface area contributed by atoms with E-state index in [9.17, 15) is 9.18 Å². The van der Waals surface area contributed by atoms with E-state index < -0.39 is 0 Å². The highest BCUT2D eigenvalue weighted by atomic mass is 19.1. The van der Waals surface area contributed by atoms with E-state index in [4.69, 9.17) is 0 Å². The Morgan fingerprint density at radius 1 is 1.50 bits per heavy atom. The van der Waals surface area contributed by atoms with E-state index in [0.717, 1.165) is 24.9 Å². The van der Waals surface area contributed by atoms with Crippen LogP contribution in [0.4, 0.5) is 10.1 Å². The van der Waals surface area contributed by atoms with Gasteiger partial charge in [-0.1, -0.05) is 13.0 Å². The highest BCUT2D eigenvalue weighted by molar-refractivity contribution is 5.98. The molecule has 1 heterocycles. The fourth-order valence-electron chi connectivity index (χ4n) is 2.38. The number of anilines is 1. The van der Waals surface area contributed by atoms with Crippen molar-refractivity contribution in [1.29, 1.82) is 0 Å². The minimum absolute atomic E-state index is 0.0207. The van der Waals surface area contributed by atoms with Gasteiger partial charge in [-0.3, -0.25) is 4.79 Å². The summed E-state index contributed by atoms with van der Waals surface area (Å²) in [6, 6.07) is 4.70. The van der Waals surface area contributed by atoms with Gasteiger partial charge in [-0.05, 0) is 44.0 Å². The largest absolute Gasteiger partial charge is 0.308 e. The maximum atomic E-state index is 13.8. The molecule has 1 atom stereocenters. The van der Waals surface area contributed by atoms with Gasteiger partial charge in [-0.2, -0.15) is 0 Å². The molecule has 3 nitrogen and oxygen atoms in total. The van der Waals surface area contributed by atoms with Crippen LogP contribution < -0.4 is 10.2 Å². The zero-order valence-electron chi connectivity index (χ0n) is 10.9. The van der Waals surface area contributed by atoms with Crippen molar-refractivity contribution in [3.63, 3.8) is 0 Å². The van der Waals surface area contributed by atoms with Crippen molar-refractivity contribution >= 4 is 11.6 Å². The molecule has 1 aliphatic heterocycles. The van der Waals surface area contributed by atoms with Crippen LogP contribution in [0.15, 0.2) is 18.2 Å². The fourth-order valence-corrected chi connectivity index (χ4v) is 2.38. The summed E-state index contributed by atoms with van der Waals surface area (Å²) in [6.45, 7) is 5.22. The molecule has 0 aliphatic carbocycles. The van der Waals surface area contributed by atoms with E-state index in [1.165, 1.54) is 6.07 Å². The molecule has 0 bridgehead atoms. The molecule has 4 heteroatoms. The minimum atomic E-state index is -0.328. The Labute approximate surface area is 107 Å². The Hall–Kier alpha value is -1.42. The lowest BCUT2D eigenvalue weighted by atomic mass is 10.0. The van der Waals surface area contributed by atoms with Crippen molar-refractivity contribution in [2.24, 2.45) is 0 Å². The molecule has 1 unspecified atom stereocenters. The van der Waals surface area contributed by atoms with E-state index in [0.29, 0.717) is 12.2 Å². The Bertz CT molecular complexity index is 445. The Kier molecular flexibility index (Phi) is 3.97. The normalized spacial score (nSPS) is 20.3. The minimum Gasteiger partial charge on any atom is -0.308 e. The zero-order chi connectivity index (χ0) is 13.1. The van der Waals surface area contributed by atoms with Crippen LogP contribution in [0.2, 0.25) is 0 Å². The van der Waals surface area contributed by atoms with Crippen LogP contribution >= 0.6 is 0 Å². The maximum Gasteiger partial charge on any atom is 0.244 e. The highest BCUT2D eigenvalue weighted by Crippen LogP contribution is 2.25. The van der Waals surface area contributed by atoms with Gasteiger partial charge in [0.25, 0.3) is 0 Å². The van der Waals surface area contributed by atoms with Gasteiger partial charge in [0.05, 0.1) is 11.7 Å². The molecule has 0 saturated carbocycles. The summed E-state index contributed by atoms with van der Waals surface area (Å²) in [5.74, 6) is -0.348. The molecule has 2 rings (SSSR count). The van der Waals surface area contributed by atoms with E-state index >= 15 is 0 Å². The number of piperidine rings is 1. The third kappa shape index (κ3) is 2.53. The number of rotatable bonds is 3. The van der Waals surface area contributed by atoms with Crippen molar-refractivity contribution in [2.75, 3.05) is 18.0 Å². The first kappa shape index (κ1) is 13.0. The lowest BCUT2D eigenvalue weighted by Crippen LogP contribution is -2.51. The number of carbonyl (C=O) groups excluding carboxylic acids is 1. The summed E-state index contributed by atoms with van der Waals surface area (Å²) in [5, 5.41) is 3.15. The molecule has 0 radical (unpaired) electrons. The van der Waals surface area contributed by atoms with Crippen LogP contribution in [-0.4, -0.2) is 25.0 Å². The van der Waals surface area contributed by atoms with Crippen molar-refractivity contribution in [3.8, 4) is 0 Å². The zero-order valence-corrected chi connectivity index (χ0v) is 10.9. The second-order valence-electron chi connectivity index (χ2n) is 4.70. The number of halogens is 1. The predicted molar refractivity (Wildman–Crippen MR) is 70.2 cm³/mol. The molecular weight excluding hydrogens is 231 g/mol. The molecular formula is C14H19FN2O. The fraction of sp³-hybridized carbons (Fsp3) is 0.500. The number of hydrogen-bond donors (Lipinski definition) is 1. The molecule has 0 spiro atoms. The number of hydrogen-bond acceptors (Lipinski definition) is 2. The molecule has 1 aromatic carbocycles. The molecule has 18 heavy (non-hydrogen) atoms. The third-order valence-electron chi connectivity index (χ3n) is 3.28. The summed E-state index contributed by atoms with van der Waals surface area (Å²) < 4.78 is 13.8. The quantitative estimate of drug-likeness (QED) is 0.892. The lowest BCUT2D eigenvalue weighted by molar-refractivity contribution is -0.121. The average molecular weight is 250 g/mol. The maximum absolute atomic E-state index is 13.8. The number of aryl methyl sites for hydroxylation is 1. The standard InChI is InChI=1S/C14H19FN2O/c1-3-16-12-5-4-8-17(14(12)18)13-9-10(2)6-7-11(13)15/h6-7,9,12,16H,3-5,8H2,1-2H3. The Morgan fingerprint density at radius 3 is 3.00 bits per heavy atom. The summed E-state index contributed by atoms with van der Waals surface area (Å²) in [4.78, 5) is 13.8. The number of likely N-dealkylation sites (N-methyl/N-ethyl adjacent to an activating group) is 1. The first-order valence-corrected chi connectivity index (χ1v) is 6.44. The molecule has 1 amide bonds. The molecule has 1 N–H and O–H groups in total.